The maximum atomic E-state index is 13.2. The number of thiophene rings is 1. The summed E-state index contributed by atoms with van der Waals surface area (Å²) in [6.07, 6.45) is 2.71. The van der Waals surface area contributed by atoms with Crippen LogP contribution in [0.1, 0.15) is 65.3 Å². The van der Waals surface area contributed by atoms with Gasteiger partial charge in [0.15, 0.2) is 11.5 Å². The number of anilines is 1. The summed E-state index contributed by atoms with van der Waals surface area (Å²) < 4.78 is 22.2. The quantitative estimate of drug-likeness (QED) is 0.523. The van der Waals surface area contributed by atoms with Gasteiger partial charge < -0.3 is 24.3 Å². The molecule has 1 amide bonds. The zero-order valence-electron chi connectivity index (χ0n) is 19.3. The van der Waals surface area contributed by atoms with Crippen LogP contribution in [0, 0.1) is 5.92 Å². The third kappa shape index (κ3) is 5.01. The van der Waals surface area contributed by atoms with Crippen LogP contribution in [-0.4, -0.2) is 38.8 Å². The van der Waals surface area contributed by atoms with Gasteiger partial charge in [0, 0.05) is 10.4 Å². The maximum absolute atomic E-state index is 13.2. The number of ether oxygens (including phenoxy) is 4. The first-order valence-corrected chi connectivity index (χ1v) is 11.9. The number of carbonyl (C=O) groups excluding carboxylic acids is 2. The first-order valence-electron chi connectivity index (χ1n) is 11.0. The molecule has 1 aliphatic carbocycles. The Morgan fingerprint density at radius 3 is 2.25 bits per heavy atom. The Morgan fingerprint density at radius 1 is 1.06 bits per heavy atom. The molecule has 0 fully saturated rings. The number of esters is 1. The summed E-state index contributed by atoms with van der Waals surface area (Å²) >= 11 is 1.45. The molecule has 1 aromatic carbocycles. The molecule has 1 atom stereocenters. The van der Waals surface area contributed by atoms with Crippen LogP contribution in [0.3, 0.4) is 0 Å². The minimum absolute atomic E-state index is 0.355. The van der Waals surface area contributed by atoms with E-state index in [4.69, 9.17) is 18.9 Å². The van der Waals surface area contributed by atoms with Crippen LogP contribution in [0.5, 0.6) is 17.2 Å². The van der Waals surface area contributed by atoms with Crippen molar-refractivity contribution in [3.05, 3.63) is 33.7 Å². The highest BCUT2D eigenvalue weighted by molar-refractivity contribution is 7.17. The Labute approximate surface area is 193 Å². The minimum Gasteiger partial charge on any atom is -0.490 e. The molecule has 174 valence electrons. The van der Waals surface area contributed by atoms with Crippen LogP contribution in [0.4, 0.5) is 5.00 Å². The predicted molar refractivity (Wildman–Crippen MR) is 125 cm³/mol. The fourth-order valence-electron chi connectivity index (χ4n) is 3.85. The highest BCUT2D eigenvalue weighted by atomic mass is 32.1. The van der Waals surface area contributed by atoms with Crippen molar-refractivity contribution in [2.75, 3.05) is 32.2 Å². The number of hydrogen-bond acceptors (Lipinski definition) is 7. The van der Waals surface area contributed by atoms with Crippen molar-refractivity contribution in [3.63, 3.8) is 0 Å². The van der Waals surface area contributed by atoms with E-state index in [0.717, 1.165) is 29.7 Å². The Balaban J connectivity index is 1.99. The van der Waals surface area contributed by atoms with E-state index in [1.807, 2.05) is 20.8 Å². The van der Waals surface area contributed by atoms with E-state index in [0.29, 0.717) is 59.1 Å². The van der Waals surface area contributed by atoms with Gasteiger partial charge in [-0.1, -0.05) is 6.92 Å². The van der Waals surface area contributed by atoms with E-state index in [9.17, 15) is 9.59 Å². The Kier molecular flexibility index (Phi) is 8.01. The van der Waals surface area contributed by atoms with Gasteiger partial charge in [-0.25, -0.2) is 4.79 Å². The van der Waals surface area contributed by atoms with Gasteiger partial charge in [0.2, 0.25) is 5.75 Å². The van der Waals surface area contributed by atoms with Gasteiger partial charge in [-0.05, 0) is 63.6 Å². The highest BCUT2D eigenvalue weighted by Crippen LogP contribution is 2.42. The fraction of sp³-hybridized carbons (Fsp3) is 0.500. The molecule has 0 spiro atoms. The maximum Gasteiger partial charge on any atom is 0.341 e. The molecule has 1 N–H and O–H groups in total. The number of carbonyl (C=O) groups is 2. The number of hydrogen-bond donors (Lipinski definition) is 1. The van der Waals surface area contributed by atoms with Crippen LogP contribution in [0.15, 0.2) is 12.1 Å². The van der Waals surface area contributed by atoms with Crippen LogP contribution in [-0.2, 0) is 17.6 Å². The summed E-state index contributed by atoms with van der Waals surface area (Å²) in [5, 5.41) is 3.45. The van der Waals surface area contributed by atoms with Gasteiger partial charge in [-0.15, -0.1) is 11.3 Å². The fourth-order valence-corrected chi connectivity index (χ4v) is 5.25. The molecule has 1 heterocycles. The average molecular weight is 462 g/mol. The van der Waals surface area contributed by atoms with Crippen molar-refractivity contribution in [1.82, 2.24) is 0 Å². The molecule has 1 aromatic heterocycles. The second kappa shape index (κ2) is 10.7. The highest BCUT2D eigenvalue weighted by Gasteiger charge is 2.29. The van der Waals surface area contributed by atoms with Gasteiger partial charge in [0.05, 0.1) is 32.5 Å². The molecule has 2 aromatic rings. The number of nitrogens with one attached hydrogen (secondary N) is 1. The molecule has 1 aliphatic rings. The third-order valence-corrected chi connectivity index (χ3v) is 6.47. The molecule has 0 radical (unpaired) electrons. The zero-order chi connectivity index (χ0) is 23.3. The molecule has 0 saturated carbocycles. The number of rotatable bonds is 9. The monoisotopic (exact) mass is 461 g/mol. The van der Waals surface area contributed by atoms with Gasteiger partial charge in [-0.3, -0.25) is 4.79 Å². The van der Waals surface area contributed by atoms with E-state index >= 15 is 0 Å². The molecular formula is C24H31NO6S. The van der Waals surface area contributed by atoms with E-state index in [-0.39, 0.29) is 5.91 Å². The number of benzene rings is 1. The lowest BCUT2D eigenvalue weighted by Crippen LogP contribution is -2.16. The second-order valence-electron chi connectivity index (χ2n) is 7.60. The van der Waals surface area contributed by atoms with Crippen molar-refractivity contribution < 1.29 is 28.5 Å². The second-order valence-corrected chi connectivity index (χ2v) is 8.71. The van der Waals surface area contributed by atoms with Gasteiger partial charge in [0.1, 0.15) is 5.00 Å². The topological polar surface area (TPSA) is 83.1 Å². The van der Waals surface area contributed by atoms with E-state index < -0.39 is 5.97 Å². The van der Waals surface area contributed by atoms with Gasteiger partial charge in [0.25, 0.3) is 5.91 Å². The molecule has 7 nitrogen and oxygen atoms in total. The number of methoxy groups -OCH3 is 1. The molecule has 1 unspecified atom stereocenters. The molecule has 0 saturated heterocycles. The van der Waals surface area contributed by atoms with Crippen LogP contribution < -0.4 is 19.5 Å². The van der Waals surface area contributed by atoms with Gasteiger partial charge in [-0.2, -0.15) is 0 Å². The zero-order valence-corrected chi connectivity index (χ0v) is 20.1. The lowest BCUT2D eigenvalue weighted by Gasteiger charge is -2.18. The Bertz CT molecular complexity index is 956. The third-order valence-electron chi connectivity index (χ3n) is 5.30. The summed E-state index contributed by atoms with van der Waals surface area (Å²) in [6.45, 7) is 9.07. The van der Waals surface area contributed by atoms with E-state index in [2.05, 4.69) is 12.2 Å². The number of fused-ring (bicyclic) bond motifs is 1. The largest absolute Gasteiger partial charge is 0.490 e. The normalized spacial score (nSPS) is 15.0. The summed E-state index contributed by atoms with van der Waals surface area (Å²) in [4.78, 5) is 26.9. The van der Waals surface area contributed by atoms with Crippen LogP contribution in [0.25, 0.3) is 0 Å². The Hall–Kier alpha value is -2.74. The van der Waals surface area contributed by atoms with Crippen molar-refractivity contribution in [1.29, 1.82) is 0 Å². The van der Waals surface area contributed by atoms with Crippen LogP contribution >= 0.6 is 11.3 Å². The molecule has 0 aliphatic heterocycles. The predicted octanol–water partition coefficient (Wildman–Crippen LogP) is 5.11. The lowest BCUT2D eigenvalue weighted by molar-refractivity contribution is 0.0601. The molecule has 3 rings (SSSR count). The van der Waals surface area contributed by atoms with Crippen molar-refractivity contribution in [2.45, 2.75) is 47.0 Å². The Morgan fingerprint density at radius 2 is 1.69 bits per heavy atom. The molecule has 8 heteroatoms. The van der Waals surface area contributed by atoms with Crippen LogP contribution in [0.2, 0.25) is 0 Å². The summed E-state index contributed by atoms with van der Waals surface area (Å²) in [5.41, 5.74) is 1.82. The van der Waals surface area contributed by atoms with E-state index in [1.54, 1.807) is 12.1 Å². The SMILES string of the molecule is CCOc1cc(C(=O)Nc2sc3c(c2C(=O)OC)CCC(C)C3)cc(OCC)c1OCC. The van der Waals surface area contributed by atoms with Crippen molar-refractivity contribution in [2.24, 2.45) is 5.92 Å². The molecule has 32 heavy (non-hydrogen) atoms. The first-order chi connectivity index (χ1) is 15.4. The summed E-state index contributed by atoms with van der Waals surface area (Å²) in [5.74, 6) is 1.12. The molecule has 0 bridgehead atoms. The van der Waals surface area contributed by atoms with Gasteiger partial charge >= 0.3 is 5.97 Å². The smallest absolute Gasteiger partial charge is 0.341 e. The standard InChI is InChI=1S/C24H31NO6S/c1-6-29-17-12-15(13-18(30-7-2)21(17)31-8-3)22(26)25-23-20(24(27)28-5)16-10-9-14(4)11-19(16)32-23/h12-14H,6-11H2,1-5H3,(H,25,26). The van der Waals surface area contributed by atoms with Crippen molar-refractivity contribution >= 4 is 28.2 Å². The summed E-state index contributed by atoms with van der Waals surface area (Å²) in [6, 6.07) is 3.28. The summed E-state index contributed by atoms with van der Waals surface area (Å²) in [7, 11) is 1.36. The van der Waals surface area contributed by atoms with E-state index in [1.165, 1.54) is 18.4 Å². The molecular weight excluding hydrogens is 430 g/mol. The average Bonchev–Trinajstić information content (AvgIpc) is 3.12. The lowest BCUT2D eigenvalue weighted by atomic mass is 9.88. The minimum atomic E-state index is -0.427. The number of amides is 1. The van der Waals surface area contributed by atoms with Crippen molar-refractivity contribution in [3.8, 4) is 17.2 Å². The first kappa shape index (κ1) is 23.9.